The number of halogens is 1. The summed E-state index contributed by atoms with van der Waals surface area (Å²) in [6.07, 6.45) is 5.06. The summed E-state index contributed by atoms with van der Waals surface area (Å²) in [5.74, 6) is -0.839. The van der Waals surface area contributed by atoms with Crippen LogP contribution in [0.25, 0.3) is 11.3 Å². The number of aromatic nitrogens is 3. The van der Waals surface area contributed by atoms with E-state index in [-0.39, 0.29) is 6.42 Å². The van der Waals surface area contributed by atoms with Gasteiger partial charge in [-0.1, -0.05) is 16.3 Å². The molecule has 6 heteroatoms. The van der Waals surface area contributed by atoms with Crippen molar-refractivity contribution in [3.63, 3.8) is 0 Å². The fourth-order valence-corrected chi connectivity index (χ4v) is 1.92. The number of aryl methyl sites for hydroxylation is 2. The fourth-order valence-electron chi connectivity index (χ4n) is 1.71. The second-order valence-corrected chi connectivity index (χ2v) is 4.58. The molecule has 1 N–H and O–H groups in total. The van der Waals surface area contributed by atoms with Crippen molar-refractivity contribution in [1.82, 2.24) is 10.1 Å². The first kappa shape index (κ1) is 13.4. The third-order valence-electron chi connectivity index (χ3n) is 2.64. The molecule has 0 saturated heterocycles. The van der Waals surface area contributed by atoms with Crippen molar-refractivity contribution in [3.8, 4) is 11.3 Å². The van der Waals surface area contributed by atoms with E-state index in [2.05, 4.69) is 10.1 Å². The molecule has 98 valence electrons. The Morgan fingerprint density at radius 2 is 2.26 bits per heavy atom. The van der Waals surface area contributed by atoms with Gasteiger partial charge in [-0.05, 0) is 23.7 Å². The number of aliphatic carboxylic acids is 1. The minimum atomic E-state index is -0.839. The highest BCUT2D eigenvalue weighted by Crippen LogP contribution is 2.21. The highest BCUT2D eigenvalue weighted by molar-refractivity contribution is 6.30. The van der Waals surface area contributed by atoms with E-state index in [0.717, 1.165) is 16.8 Å². The molecule has 2 aromatic rings. The Morgan fingerprint density at radius 1 is 1.47 bits per heavy atom. The molecule has 2 heterocycles. The van der Waals surface area contributed by atoms with E-state index >= 15 is 0 Å². The number of carboxylic acid groups (broad SMARTS) is 1. The van der Waals surface area contributed by atoms with Gasteiger partial charge in [-0.2, -0.15) is 0 Å². The van der Waals surface area contributed by atoms with Crippen molar-refractivity contribution in [2.45, 2.75) is 19.9 Å². The zero-order chi connectivity index (χ0) is 13.8. The lowest BCUT2D eigenvalue weighted by Crippen LogP contribution is -2.38. The molecule has 0 aliphatic carbocycles. The Kier molecular flexibility index (Phi) is 4.06. The van der Waals surface area contributed by atoms with Crippen LogP contribution in [0.3, 0.4) is 0 Å². The molecule has 0 aromatic carbocycles. The molecular formula is C13H13ClN3O2+. The van der Waals surface area contributed by atoms with Crippen molar-refractivity contribution in [2.24, 2.45) is 0 Å². The number of carboxylic acids is 1. The van der Waals surface area contributed by atoms with Crippen LogP contribution in [0.15, 0.2) is 30.7 Å². The molecule has 0 unspecified atom stereocenters. The first-order valence-corrected chi connectivity index (χ1v) is 6.14. The molecule has 0 spiro atoms. The Morgan fingerprint density at radius 3 is 2.84 bits per heavy atom. The van der Waals surface area contributed by atoms with E-state index in [1.807, 2.05) is 19.1 Å². The minimum Gasteiger partial charge on any atom is -0.481 e. The maximum atomic E-state index is 10.5. The second kappa shape index (κ2) is 5.75. The topological polar surface area (TPSA) is 67.0 Å². The molecule has 5 nitrogen and oxygen atoms in total. The van der Waals surface area contributed by atoms with Crippen LogP contribution in [-0.4, -0.2) is 21.2 Å². The SMILES string of the molecule is Cc1cc(Cl)cnc1-c1cc[n+](CCC(=O)O)nc1. The van der Waals surface area contributed by atoms with Gasteiger partial charge in [0.25, 0.3) is 0 Å². The predicted octanol–water partition coefficient (Wildman–Crippen LogP) is 1.87. The van der Waals surface area contributed by atoms with Crippen molar-refractivity contribution in [1.29, 1.82) is 0 Å². The largest absolute Gasteiger partial charge is 0.481 e. The average Bonchev–Trinajstić information content (AvgIpc) is 2.37. The van der Waals surface area contributed by atoms with Crippen molar-refractivity contribution in [3.05, 3.63) is 41.3 Å². The standard InChI is InChI=1S/C13H12ClN3O2/c1-9-6-11(14)8-15-13(9)10-2-4-17(16-7-10)5-3-12(18)19/h2,4,6-8H,3,5H2,1H3/p+1. The van der Waals surface area contributed by atoms with E-state index in [4.69, 9.17) is 16.7 Å². The van der Waals surface area contributed by atoms with Gasteiger partial charge in [-0.3, -0.25) is 9.78 Å². The molecule has 2 aromatic heterocycles. The van der Waals surface area contributed by atoms with Gasteiger partial charge in [0, 0.05) is 17.8 Å². The lowest BCUT2D eigenvalue weighted by atomic mass is 10.1. The lowest BCUT2D eigenvalue weighted by molar-refractivity contribution is -0.752. The maximum Gasteiger partial charge on any atom is 0.309 e. The zero-order valence-corrected chi connectivity index (χ0v) is 11.1. The summed E-state index contributed by atoms with van der Waals surface area (Å²) >= 11 is 5.86. The molecule has 2 rings (SSSR count). The molecule has 0 aliphatic heterocycles. The summed E-state index contributed by atoms with van der Waals surface area (Å²) in [4.78, 5) is 14.8. The number of rotatable bonds is 4. The Labute approximate surface area is 115 Å². The summed E-state index contributed by atoms with van der Waals surface area (Å²) in [7, 11) is 0. The zero-order valence-electron chi connectivity index (χ0n) is 10.4. The van der Waals surface area contributed by atoms with Crippen molar-refractivity contribution in [2.75, 3.05) is 0 Å². The Bertz CT molecular complexity index is 599. The van der Waals surface area contributed by atoms with E-state index in [1.54, 1.807) is 23.3 Å². The van der Waals surface area contributed by atoms with Gasteiger partial charge in [0.1, 0.15) is 12.6 Å². The fraction of sp³-hybridized carbons (Fsp3) is 0.231. The number of carbonyl (C=O) groups is 1. The molecule has 0 saturated carbocycles. The van der Waals surface area contributed by atoms with E-state index in [9.17, 15) is 4.79 Å². The van der Waals surface area contributed by atoms with E-state index < -0.39 is 5.97 Å². The molecule has 0 radical (unpaired) electrons. The maximum absolute atomic E-state index is 10.5. The third kappa shape index (κ3) is 3.48. The summed E-state index contributed by atoms with van der Waals surface area (Å²) in [5, 5.41) is 13.4. The molecule has 19 heavy (non-hydrogen) atoms. The normalized spacial score (nSPS) is 10.4. The first-order valence-electron chi connectivity index (χ1n) is 5.76. The van der Waals surface area contributed by atoms with Crippen LogP contribution in [0.2, 0.25) is 5.02 Å². The van der Waals surface area contributed by atoms with Crippen LogP contribution in [0.1, 0.15) is 12.0 Å². The first-order chi connectivity index (χ1) is 9.06. The molecule has 0 bridgehead atoms. The molecule has 0 atom stereocenters. The third-order valence-corrected chi connectivity index (χ3v) is 2.85. The van der Waals surface area contributed by atoms with Crippen molar-refractivity contribution >= 4 is 17.6 Å². The summed E-state index contributed by atoms with van der Waals surface area (Å²) in [6, 6.07) is 3.70. The van der Waals surface area contributed by atoms with Crippen LogP contribution < -0.4 is 4.68 Å². The number of hydrogen-bond acceptors (Lipinski definition) is 3. The number of pyridine rings is 1. The van der Waals surface area contributed by atoms with Gasteiger partial charge >= 0.3 is 5.97 Å². The summed E-state index contributed by atoms with van der Waals surface area (Å²) in [5.41, 5.74) is 2.67. The van der Waals surface area contributed by atoms with Crippen LogP contribution in [0.5, 0.6) is 0 Å². The second-order valence-electron chi connectivity index (χ2n) is 4.14. The molecular weight excluding hydrogens is 266 g/mol. The van der Waals surface area contributed by atoms with Crippen LogP contribution in [0, 0.1) is 6.92 Å². The average molecular weight is 279 g/mol. The smallest absolute Gasteiger partial charge is 0.309 e. The van der Waals surface area contributed by atoms with E-state index in [0.29, 0.717) is 11.6 Å². The van der Waals surface area contributed by atoms with Gasteiger partial charge in [-0.25, -0.2) is 0 Å². The molecule has 0 fully saturated rings. The predicted molar refractivity (Wildman–Crippen MR) is 69.7 cm³/mol. The highest BCUT2D eigenvalue weighted by atomic mass is 35.5. The Balaban J connectivity index is 2.20. The van der Waals surface area contributed by atoms with Crippen molar-refractivity contribution < 1.29 is 14.6 Å². The molecule has 0 aliphatic rings. The number of hydrogen-bond donors (Lipinski definition) is 1. The minimum absolute atomic E-state index is 0.0508. The van der Waals surface area contributed by atoms with E-state index in [1.165, 1.54) is 0 Å². The van der Waals surface area contributed by atoms with Gasteiger partial charge < -0.3 is 5.11 Å². The molecule has 0 amide bonds. The number of nitrogens with zero attached hydrogens (tertiary/aromatic N) is 3. The summed E-state index contributed by atoms with van der Waals surface area (Å²) < 4.78 is 1.59. The van der Waals surface area contributed by atoms with Gasteiger partial charge in [0.2, 0.25) is 0 Å². The summed E-state index contributed by atoms with van der Waals surface area (Å²) in [6.45, 7) is 2.28. The highest BCUT2D eigenvalue weighted by Gasteiger charge is 2.09. The van der Waals surface area contributed by atoms with Crippen LogP contribution in [-0.2, 0) is 11.3 Å². The Hall–Kier alpha value is -2.01. The lowest BCUT2D eigenvalue weighted by Gasteiger charge is -2.03. The van der Waals surface area contributed by atoms with Crippen LogP contribution in [0.4, 0.5) is 0 Å². The van der Waals surface area contributed by atoms with Crippen LogP contribution >= 0.6 is 11.6 Å². The van der Waals surface area contributed by atoms with Gasteiger partial charge in [0.05, 0.1) is 10.7 Å². The van der Waals surface area contributed by atoms with Gasteiger partial charge in [0.15, 0.2) is 12.7 Å². The van der Waals surface area contributed by atoms with Gasteiger partial charge in [-0.15, -0.1) is 0 Å². The quantitative estimate of drug-likeness (QED) is 0.867. The monoisotopic (exact) mass is 278 g/mol.